The van der Waals surface area contributed by atoms with E-state index in [1.54, 1.807) is 15.8 Å². The summed E-state index contributed by atoms with van der Waals surface area (Å²) in [6.45, 7) is 0.499. The number of thiazole rings is 1. The van der Waals surface area contributed by atoms with Crippen molar-refractivity contribution in [3.63, 3.8) is 0 Å². The van der Waals surface area contributed by atoms with Crippen LogP contribution in [0.5, 0.6) is 0 Å². The summed E-state index contributed by atoms with van der Waals surface area (Å²) in [5.41, 5.74) is 3.68. The van der Waals surface area contributed by atoms with Gasteiger partial charge in [0.25, 0.3) is 5.91 Å². The molecule has 0 N–H and O–H groups in total. The van der Waals surface area contributed by atoms with Crippen LogP contribution >= 0.6 is 11.3 Å². The zero-order chi connectivity index (χ0) is 19.5. The fourth-order valence-corrected chi connectivity index (χ4v) is 4.12. The van der Waals surface area contributed by atoms with Crippen LogP contribution in [0, 0.1) is 0 Å². The van der Waals surface area contributed by atoms with Crippen molar-refractivity contribution in [1.29, 1.82) is 0 Å². The van der Waals surface area contributed by atoms with Crippen molar-refractivity contribution in [2.75, 3.05) is 7.05 Å². The largest absolute Gasteiger partial charge is 0.336 e. The first-order valence-corrected chi connectivity index (χ1v) is 9.78. The van der Waals surface area contributed by atoms with E-state index in [0.29, 0.717) is 11.4 Å². The van der Waals surface area contributed by atoms with Gasteiger partial charge in [-0.25, -0.2) is 4.98 Å². The fraction of sp³-hybridized carbons (Fsp3) is 0.136. The van der Waals surface area contributed by atoms with Crippen LogP contribution < -0.4 is 0 Å². The van der Waals surface area contributed by atoms with Gasteiger partial charge in [0.15, 0.2) is 0 Å². The number of benzene rings is 2. The summed E-state index contributed by atoms with van der Waals surface area (Å²) >= 11 is 1.44. The lowest BCUT2D eigenvalue weighted by Crippen LogP contribution is -2.25. The van der Waals surface area contributed by atoms with Crippen molar-refractivity contribution >= 4 is 17.2 Å². The first-order chi connectivity index (χ1) is 13.6. The second kappa shape index (κ2) is 7.78. The van der Waals surface area contributed by atoms with Crippen LogP contribution in [0.1, 0.15) is 15.2 Å². The molecule has 0 aliphatic rings. The molecule has 0 spiro atoms. The number of nitrogens with zero attached hydrogens (tertiary/aromatic N) is 4. The van der Waals surface area contributed by atoms with Crippen molar-refractivity contribution in [2.45, 2.75) is 6.54 Å². The average molecular weight is 388 g/mol. The highest BCUT2D eigenvalue weighted by Crippen LogP contribution is 2.34. The van der Waals surface area contributed by atoms with Crippen LogP contribution in [0.15, 0.2) is 73.1 Å². The second-order valence-electron chi connectivity index (χ2n) is 6.61. The van der Waals surface area contributed by atoms with Crippen LogP contribution in [-0.2, 0) is 13.6 Å². The first kappa shape index (κ1) is 18.1. The number of rotatable bonds is 5. The predicted octanol–water partition coefficient (Wildman–Crippen LogP) is 4.48. The minimum Gasteiger partial charge on any atom is -0.336 e. The molecule has 0 saturated heterocycles. The Morgan fingerprint density at radius 3 is 2.29 bits per heavy atom. The van der Waals surface area contributed by atoms with Crippen LogP contribution in [0.4, 0.5) is 0 Å². The van der Waals surface area contributed by atoms with E-state index in [1.165, 1.54) is 11.3 Å². The van der Waals surface area contributed by atoms with Gasteiger partial charge in [-0.05, 0) is 0 Å². The molecule has 1 amide bonds. The summed E-state index contributed by atoms with van der Waals surface area (Å²) < 4.78 is 1.74. The van der Waals surface area contributed by atoms with Gasteiger partial charge >= 0.3 is 0 Å². The number of amides is 1. The molecule has 28 heavy (non-hydrogen) atoms. The first-order valence-electron chi connectivity index (χ1n) is 8.96. The zero-order valence-corrected chi connectivity index (χ0v) is 16.6. The van der Waals surface area contributed by atoms with Gasteiger partial charge < -0.3 is 4.90 Å². The number of aryl methyl sites for hydroxylation is 1. The molecular formula is C22H20N4OS. The Labute approximate surface area is 167 Å². The highest BCUT2D eigenvalue weighted by molar-refractivity contribution is 7.17. The van der Waals surface area contributed by atoms with E-state index in [1.807, 2.05) is 81.0 Å². The van der Waals surface area contributed by atoms with Crippen molar-refractivity contribution in [3.05, 3.63) is 83.5 Å². The lowest BCUT2D eigenvalue weighted by Gasteiger charge is -2.15. The molecule has 0 fully saturated rings. The summed E-state index contributed by atoms with van der Waals surface area (Å²) in [7, 11) is 3.68. The Kier molecular flexibility index (Phi) is 5.04. The third-order valence-electron chi connectivity index (χ3n) is 4.41. The Morgan fingerprint density at radius 2 is 1.68 bits per heavy atom. The number of carbonyl (C=O) groups excluding carboxylic acids is 1. The number of aromatic nitrogens is 3. The minimum atomic E-state index is -0.0395. The monoisotopic (exact) mass is 388 g/mol. The maximum absolute atomic E-state index is 13.3. The fourth-order valence-electron chi connectivity index (χ4n) is 3.03. The molecule has 2 aromatic carbocycles. The molecule has 0 aliphatic heterocycles. The molecule has 0 aliphatic carbocycles. The van der Waals surface area contributed by atoms with Crippen LogP contribution in [0.3, 0.4) is 0 Å². The van der Waals surface area contributed by atoms with Gasteiger partial charge in [-0.3, -0.25) is 9.48 Å². The number of hydrogen-bond acceptors (Lipinski definition) is 4. The topological polar surface area (TPSA) is 51.0 Å². The van der Waals surface area contributed by atoms with E-state index in [2.05, 4.69) is 5.10 Å². The average Bonchev–Trinajstić information content (AvgIpc) is 3.35. The quantitative estimate of drug-likeness (QED) is 0.506. The van der Waals surface area contributed by atoms with Crippen LogP contribution in [-0.4, -0.2) is 32.6 Å². The third-order valence-corrected chi connectivity index (χ3v) is 5.51. The van der Waals surface area contributed by atoms with Crippen LogP contribution in [0.25, 0.3) is 21.8 Å². The van der Waals surface area contributed by atoms with E-state index < -0.39 is 0 Å². The van der Waals surface area contributed by atoms with E-state index in [-0.39, 0.29) is 5.91 Å². The zero-order valence-electron chi connectivity index (χ0n) is 15.7. The Bertz CT molecular complexity index is 1090. The molecular weight excluding hydrogens is 368 g/mol. The molecule has 6 heteroatoms. The second-order valence-corrected chi connectivity index (χ2v) is 7.61. The van der Waals surface area contributed by atoms with E-state index in [0.717, 1.165) is 27.4 Å². The van der Waals surface area contributed by atoms with Crippen molar-refractivity contribution in [3.8, 4) is 21.8 Å². The smallest absolute Gasteiger partial charge is 0.266 e. The summed E-state index contributed by atoms with van der Waals surface area (Å²) in [6, 6.07) is 19.8. The van der Waals surface area contributed by atoms with E-state index in [9.17, 15) is 4.79 Å². The molecule has 0 atom stereocenters. The third kappa shape index (κ3) is 3.73. The lowest BCUT2D eigenvalue weighted by molar-refractivity contribution is 0.0790. The van der Waals surface area contributed by atoms with Gasteiger partial charge in [0, 0.05) is 43.5 Å². The number of hydrogen-bond donors (Lipinski definition) is 0. The Morgan fingerprint density at radius 1 is 1.04 bits per heavy atom. The Hall–Kier alpha value is -3.25. The maximum Gasteiger partial charge on any atom is 0.266 e. The van der Waals surface area contributed by atoms with Crippen molar-refractivity contribution in [1.82, 2.24) is 19.7 Å². The standard InChI is InChI=1S/C22H20N4OS/c1-25(14-16-13-23-26(2)15-16)22(27)20-19(17-9-5-3-6-10-17)24-21(28-20)18-11-7-4-8-12-18/h3-13,15H,14H2,1-2H3. The van der Waals surface area contributed by atoms with Gasteiger partial charge in [0.1, 0.15) is 9.88 Å². The highest BCUT2D eigenvalue weighted by atomic mass is 32.1. The van der Waals surface area contributed by atoms with Gasteiger partial charge in [0.05, 0.1) is 11.9 Å². The minimum absolute atomic E-state index is 0.0395. The highest BCUT2D eigenvalue weighted by Gasteiger charge is 2.23. The predicted molar refractivity (Wildman–Crippen MR) is 112 cm³/mol. The van der Waals surface area contributed by atoms with Crippen molar-refractivity contribution < 1.29 is 4.79 Å². The molecule has 5 nitrogen and oxygen atoms in total. The molecule has 0 saturated carbocycles. The number of carbonyl (C=O) groups is 1. The SMILES string of the molecule is CN(Cc1cnn(C)c1)C(=O)c1sc(-c2ccccc2)nc1-c1ccccc1. The molecule has 2 heterocycles. The molecule has 4 rings (SSSR count). The van der Waals surface area contributed by atoms with Crippen LogP contribution in [0.2, 0.25) is 0 Å². The molecule has 2 aromatic heterocycles. The summed E-state index contributed by atoms with van der Waals surface area (Å²) in [5, 5.41) is 5.02. The molecule has 0 unspecified atom stereocenters. The molecule has 0 radical (unpaired) electrons. The van der Waals surface area contributed by atoms with Gasteiger partial charge in [-0.1, -0.05) is 60.7 Å². The maximum atomic E-state index is 13.3. The van der Waals surface area contributed by atoms with E-state index in [4.69, 9.17) is 4.98 Å². The summed E-state index contributed by atoms with van der Waals surface area (Å²) in [5.74, 6) is -0.0395. The van der Waals surface area contributed by atoms with E-state index >= 15 is 0 Å². The normalized spacial score (nSPS) is 10.8. The van der Waals surface area contributed by atoms with Crippen molar-refractivity contribution in [2.24, 2.45) is 7.05 Å². The van der Waals surface area contributed by atoms with Gasteiger partial charge in [-0.15, -0.1) is 11.3 Å². The van der Waals surface area contributed by atoms with Gasteiger partial charge in [-0.2, -0.15) is 5.10 Å². The summed E-state index contributed by atoms with van der Waals surface area (Å²) in [4.78, 5) is 20.4. The lowest BCUT2D eigenvalue weighted by atomic mass is 10.1. The Balaban J connectivity index is 1.72. The molecule has 0 bridgehead atoms. The molecule has 140 valence electrons. The van der Waals surface area contributed by atoms with Gasteiger partial charge in [0.2, 0.25) is 0 Å². The summed E-state index contributed by atoms with van der Waals surface area (Å²) in [6.07, 6.45) is 3.70. The molecule has 4 aromatic rings.